The van der Waals surface area contributed by atoms with Gasteiger partial charge < -0.3 is 10.1 Å². The number of rotatable bonds is 7. The van der Waals surface area contributed by atoms with Crippen molar-refractivity contribution in [2.45, 2.75) is 50.8 Å². The summed E-state index contributed by atoms with van der Waals surface area (Å²) in [6.07, 6.45) is 1.35. The van der Waals surface area contributed by atoms with E-state index in [1.54, 1.807) is 24.3 Å². The van der Waals surface area contributed by atoms with Gasteiger partial charge in [-0.05, 0) is 55.0 Å². The lowest BCUT2D eigenvalue weighted by molar-refractivity contribution is -0.126. The van der Waals surface area contributed by atoms with E-state index < -0.39 is 10.0 Å². The number of carbonyl (C=O) groups excluding carboxylic acids is 1. The van der Waals surface area contributed by atoms with Crippen LogP contribution in [0.4, 0.5) is 0 Å². The predicted octanol–water partition coefficient (Wildman–Crippen LogP) is 3.89. The molecule has 174 valence electrons. The van der Waals surface area contributed by atoms with Gasteiger partial charge in [0.2, 0.25) is 15.9 Å². The van der Waals surface area contributed by atoms with Crippen LogP contribution in [0.5, 0.6) is 5.75 Å². The summed E-state index contributed by atoms with van der Waals surface area (Å²) in [4.78, 5) is 12.9. The largest absolute Gasteiger partial charge is 0.492 e. The molecule has 0 aromatic heterocycles. The van der Waals surface area contributed by atoms with Crippen molar-refractivity contribution in [1.82, 2.24) is 9.62 Å². The maximum absolute atomic E-state index is 12.9. The summed E-state index contributed by atoms with van der Waals surface area (Å²) in [5, 5.41) is 2.89. The van der Waals surface area contributed by atoms with Gasteiger partial charge in [0.25, 0.3) is 0 Å². The van der Waals surface area contributed by atoms with Crippen LogP contribution in [0.25, 0.3) is 0 Å². The van der Waals surface area contributed by atoms with E-state index in [9.17, 15) is 13.2 Å². The molecular weight excluding hydrogens is 424 g/mol. The Balaban J connectivity index is 1.48. The Bertz CT molecular complexity index is 1010. The molecule has 1 fully saturated rings. The molecule has 0 saturated carbocycles. The van der Waals surface area contributed by atoms with Crippen molar-refractivity contribution in [3.05, 3.63) is 59.7 Å². The molecule has 1 heterocycles. The summed E-state index contributed by atoms with van der Waals surface area (Å²) in [6, 6.07) is 14.8. The van der Waals surface area contributed by atoms with E-state index in [0.717, 1.165) is 11.3 Å². The summed E-state index contributed by atoms with van der Waals surface area (Å²) in [5.41, 5.74) is 2.33. The first-order valence-electron chi connectivity index (χ1n) is 11.2. The van der Waals surface area contributed by atoms with Gasteiger partial charge in [0.05, 0.1) is 17.4 Å². The van der Waals surface area contributed by atoms with Gasteiger partial charge in [0.1, 0.15) is 12.4 Å². The van der Waals surface area contributed by atoms with Crippen LogP contribution in [-0.2, 0) is 20.2 Å². The Labute approximate surface area is 192 Å². The van der Waals surface area contributed by atoms with Crippen LogP contribution < -0.4 is 10.1 Å². The molecule has 2 aromatic rings. The molecule has 32 heavy (non-hydrogen) atoms. The summed E-state index contributed by atoms with van der Waals surface area (Å²) in [6.45, 7) is 9.79. The number of hydrogen-bond donors (Lipinski definition) is 1. The zero-order valence-electron chi connectivity index (χ0n) is 19.4. The number of aryl methyl sites for hydroxylation is 1. The smallest absolute Gasteiger partial charge is 0.243 e. The number of hydrogen-bond acceptors (Lipinski definition) is 4. The molecule has 1 N–H and O–H groups in total. The second kappa shape index (κ2) is 10.0. The molecule has 7 heteroatoms. The van der Waals surface area contributed by atoms with Crippen LogP contribution in [-0.4, -0.2) is 44.9 Å². The average Bonchev–Trinajstić information content (AvgIpc) is 2.76. The van der Waals surface area contributed by atoms with Crippen LogP contribution in [0.3, 0.4) is 0 Å². The molecule has 0 bridgehead atoms. The molecule has 0 aliphatic carbocycles. The minimum atomic E-state index is -3.59. The molecule has 2 aromatic carbocycles. The molecule has 3 rings (SSSR count). The number of nitrogens with zero attached hydrogens (tertiary/aromatic N) is 1. The van der Waals surface area contributed by atoms with Gasteiger partial charge in [-0.2, -0.15) is 4.31 Å². The predicted molar refractivity (Wildman–Crippen MR) is 126 cm³/mol. The molecule has 1 amide bonds. The van der Waals surface area contributed by atoms with Gasteiger partial charge in [-0.15, -0.1) is 0 Å². The first-order valence-corrected chi connectivity index (χ1v) is 12.6. The molecule has 1 atom stereocenters. The summed E-state index contributed by atoms with van der Waals surface area (Å²) < 4.78 is 33.1. The monoisotopic (exact) mass is 458 g/mol. The molecule has 1 saturated heterocycles. The minimum Gasteiger partial charge on any atom is -0.492 e. The Kier molecular flexibility index (Phi) is 7.62. The molecular formula is C25H34N2O4S. The third-order valence-electron chi connectivity index (χ3n) is 5.80. The van der Waals surface area contributed by atoms with Crippen molar-refractivity contribution < 1.29 is 17.9 Å². The second-order valence-corrected chi connectivity index (χ2v) is 11.4. The van der Waals surface area contributed by atoms with Crippen LogP contribution in [0, 0.1) is 12.8 Å². The van der Waals surface area contributed by atoms with E-state index in [1.165, 1.54) is 9.87 Å². The summed E-state index contributed by atoms with van der Waals surface area (Å²) >= 11 is 0. The summed E-state index contributed by atoms with van der Waals surface area (Å²) in [7, 11) is -3.59. The highest BCUT2D eigenvalue weighted by molar-refractivity contribution is 7.89. The van der Waals surface area contributed by atoms with E-state index in [0.29, 0.717) is 32.5 Å². The number of piperidine rings is 1. The van der Waals surface area contributed by atoms with Gasteiger partial charge in [0.15, 0.2) is 0 Å². The normalized spacial score (nSPS) is 17.7. The molecule has 0 radical (unpaired) electrons. The Hall–Kier alpha value is -2.38. The number of ether oxygens (including phenoxy) is 1. The third kappa shape index (κ3) is 6.11. The lowest BCUT2D eigenvalue weighted by atomic mass is 9.87. The van der Waals surface area contributed by atoms with Gasteiger partial charge in [-0.3, -0.25) is 4.79 Å². The lowest BCUT2D eigenvalue weighted by Crippen LogP contribution is -2.45. The van der Waals surface area contributed by atoms with Crippen molar-refractivity contribution in [2.75, 3.05) is 26.2 Å². The maximum Gasteiger partial charge on any atom is 0.243 e. The highest BCUT2D eigenvalue weighted by Crippen LogP contribution is 2.25. The fourth-order valence-electron chi connectivity index (χ4n) is 3.77. The maximum atomic E-state index is 12.9. The average molecular weight is 459 g/mol. The van der Waals surface area contributed by atoms with Crippen LogP contribution in [0.15, 0.2) is 53.4 Å². The van der Waals surface area contributed by atoms with E-state index in [2.05, 4.69) is 38.2 Å². The number of benzene rings is 2. The number of carbonyl (C=O) groups is 1. The number of amides is 1. The van der Waals surface area contributed by atoms with E-state index in [1.807, 2.05) is 19.1 Å². The first kappa shape index (κ1) is 24.3. The Morgan fingerprint density at radius 2 is 1.75 bits per heavy atom. The van der Waals surface area contributed by atoms with E-state index >= 15 is 0 Å². The van der Waals surface area contributed by atoms with Crippen molar-refractivity contribution in [3.8, 4) is 5.75 Å². The van der Waals surface area contributed by atoms with E-state index in [4.69, 9.17) is 4.74 Å². The third-order valence-corrected chi connectivity index (χ3v) is 7.68. The van der Waals surface area contributed by atoms with Crippen LogP contribution in [0.2, 0.25) is 0 Å². The van der Waals surface area contributed by atoms with Crippen LogP contribution >= 0.6 is 0 Å². The van der Waals surface area contributed by atoms with E-state index in [-0.39, 0.29) is 28.7 Å². The lowest BCUT2D eigenvalue weighted by Gasteiger charge is -2.31. The zero-order valence-corrected chi connectivity index (χ0v) is 20.2. The van der Waals surface area contributed by atoms with Crippen molar-refractivity contribution in [3.63, 3.8) is 0 Å². The SMILES string of the molecule is Cc1ccc(S(=O)(=O)N2CCCC(C(=O)NCCOc3ccc(C(C)(C)C)cc3)C2)cc1. The highest BCUT2D eigenvalue weighted by Gasteiger charge is 2.33. The van der Waals surface area contributed by atoms with Crippen molar-refractivity contribution in [1.29, 1.82) is 0 Å². The summed E-state index contributed by atoms with van der Waals surface area (Å²) in [5.74, 6) is 0.288. The van der Waals surface area contributed by atoms with Gasteiger partial charge in [0, 0.05) is 13.1 Å². The Morgan fingerprint density at radius 1 is 1.09 bits per heavy atom. The van der Waals surface area contributed by atoms with Crippen LogP contribution in [0.1, 0.15) is 44.7 Å². The minimum absolute atomic E-state index is 0.0906. The standard InChI is InChI=1S/C25H34N2O4S/c1-19-7-13-23(14-8-19)32(29,30)27-16-5-6-20(18-27)24(28)26-15-17-31-22-11-9-21(10-12-22)25(2,3)4/h7-14,20H,5-6,15-18H2,1-4H3,(H,26,28). The fraction of sp³-hybridized carbons (Fsp3) is 0.480. The quantitative estimate of drug-likeness (QED) is 0.639. The topological polar surface area (TPSA) is 75.7 Å². The molecule has 0 spiro atoms. The molecule has 1 aliphatic heterocycles. The second-order valence-electron chi connectivity index (χ2n) is 9.43. The fourth-order valence-corrected chi connectivity index (χ4v) is 5.30. The number of sulfonamides is 1. The Morgan fingerprint density at radius 3 is 2.38 bits per heavy atom. The van der Waals surface area contributed by atoms with Crippen molar-refractivity contribution >= 4 is 15.9 Å². The zero-order chi connectivity index (χ0) is 23.4. The molecule has 6 nitrogen and oxygen atoms in total. The van der Waals surface area contributed by atoms with Gasteiger partial charge in [-0.25, -0.2) is 8.42 Å². The van der Waals surface area contributed by atoms with Gasteiger partial charge in [-0.1, -0.05) is 50.6 Å². The molecule has 1 unspecified atom stereocenters. The van der Waals surface area contributed by atoms with Gasteiger partial charge >= 0.3 is 0 Å². The highest BCUT2D eigenvalue weighted by atomic mass is 32.2. The molecule has 1 aliphatic rings. The number of nitrogens with one attached hydrogen (secondary N) is 1. The van der Waals surface area contributed by atoms with Crippen molar-refractivity contribution in [2.24, 2.45) is 5.92 Å². The first-order chi connectivity index (χ1) is 15.1.